The van der Waals surface area contributed by atoms with Crippen molar-refractivity contribution in [3.05, 3.63) is 0 Å². The zero-order chi connectivity index (χ0) is 4.41. The topological polar surface area (TPSA) is 20.2 Å². The molecule has 0 spiro atoms. The zero-order valence-corrected chi connectivity index (χ0v) is 4.91. The molecule has 0 atom stereocenters. The number of rotatable bonds is 0. The van der Waals surface area contributed by atoms with Crippen LogP contribution in [0.25, 0.3) is 0 Å². The molecule has 7 heavy (non-hydrogen) atoms. The van der Waals surface area contributed by atoms with Gasteiger partial charge in [-0.1, -0.05) is 12.8 Å². The largest absolute Gasteiger partial charge is 0.393 e. The van der Waals surface area contributed by atoms with Crippen LogP contribution in [0.4, 0.5) is 0 Å². The summed E-state index contributed by atoms with van der Waals surface area (Å²) in [5.41, 5.74) is 0. The van der Waals surface area contributed by atoms with E-state index in [2.05, 4.69) is 0 Å². The first-order valence-corrected chi connectivity index (χ1v) is 2.57. The van der Waals surface area contributed by atoms with Gasteiger partial charge in [0.05, 0.1) is 6.10 Å². The van der Waals surface area contributed by atoms with Crippen LogP contribution in [-0.2, 0) is 0 Å². The number of aliphatic hydroxyl groups is 1. The third kappa shape index (κ3) is 2.91. The number of hydrogen-bond donors (Lipinski definition) is 1. The van der Waals surface area contributed by atoms with Gasteiger partial charge in [-0.3, -0.25) is 0 Å². The SMILES string of the molecule is OC1CCCC1.[Ar]. The molecule has 1 N–H and O–H groups in total. The Balaban J connectivity index is 0.000000360. The fourth-order valence-corrected chi connectivity index (χ4v) is 0.904. The van der Waals surface area contributed by atoms with E-state index in [1.54, 1.807) is 0 Å². The molecule has 1 saturated carbocycles. The van der Waals surface area contributed by atoms with Crippen LogP contribution in [0, 0.1) is 37.7 Å². The van der Waals surface area contributed by atoms with Crippen molar-refractivity contribution in [1.82, 2.24) is 0 Å². The van der Waals surface area contributed by atoms with Crippen LogP contribution in [0.2, 0.25) is 0 Å². The van der Waals surface area contributed by atoms with Gasteiger partial charge in [0, 0.05) is 37.7 Å². The van der Waals surface area contributed by atoms with Crippen molar-refractivity contribution in [3.8, 4) is 0 Å². The summed E-state index contributed by atoms with van der Waals surface area (Å²) >= 11 is 0. The molecule has 0 heterocycles. The molecule has 0 aromatic carbocycles. The summed E-state index contributed by atoms with van der Waals surface area (Å²) in [5, 5.41) is 8.73. The van der Waals surface area contributed by atoms with Gasteiger partial charge in [-0.25, -0.2) is 0 Å². The van der Waals surface area contributed by atoms with E-state index in [4.69, 9.17) is 5.11 Å². The summed E-state index contributed by atoms with van der Waals surface area (Å²) in [6, 6.07) is 0. The maximum atomic E-state index is 8.73. The van der Waals surface area contributed by atoms with Gasteiger partial charge in [-0.15, -0.1) is 0 Å². The van der Waals surface area contributed by atoms with Crippen molar-refractivity contribution in [2.24, 2.45) is 0 Å². The Kier molecular flexibility index (Phi) is 4.85. The predicted octanol–water partition coefficient (Wildman–Crippen LogP) is 0.921. The minimum atomic E-state index is 0. The molecular formula is C5H10ArO. The molecule has 44 valence electrons. The Morgan fingerprint density at radius 1 is 1.14 bits per heavy atom. The van der Waals surface area contributed by atoms with Gasteiger partial charge in [0.2, 0.25) is 0 Å². The summed E-state index contributed by atoms with van der Waals surface area (Å²) in [7, 11) is 0. The minimum absolute atomic E-state index is 0. The predicted molar refractivity (Wildman–Crippen MR) is 24.5 cm³/mol. The number of hydrogen-bond acceptors (Lipinski definition) is 1. The van der Waals surface area contributed by atoms with E-state index in [-0.39, 0.29) is 43.8 Å². The summed E-state index contributed by atoms with van der Waals surface area (Å²) in [5.74, 6) is 0. The maximum absolute atomic E-state index is 8.73. The van der Waals surface area contributed by atoms with E-state index in [1.807, 2.05) is 0 Å². The molecule has 0 bridgehead atoms. The first-order chi connectivity index (χ1) is 2.89. The Hall–Kier alpha value is 1.22. The van der Waals surface area contributed by atoms with Crippen LogP contribution in [0.1, 0.15) is 25.7 Å². The molecule has 1 rings (SSSR count). The van der Waals surface area contributed by atoms with Crippen LogP contribution in [0.3, 0.4) is 0 Å². The molecule has 0 saturated heterocycles. The summed E-state index contributed by atoms with van der Waals surface area (Å²) in [6.45, 7) is 0. The zero-order valence-electron chi connectivity index (χ0n) is 4.21. The van der Waals surface area contributed by atoms with E-state index < -0.39 is 0 Å². The van der Waals surface area contributed by atoms with Crippen LogP contribution < -0.4 is 0 Å². The van der Waals surface area contributed by atoms with E-state index in [0.717, 1.165) is 12.8 Å². The standard InChI is InChI=1S/C5H10O.Ar/c6-5-3-1-2-4-5;/h5-6H,1-4H2;. The van der Waals surface area contributed by atoms with Gasteiger partial charge in [0.1, 0.15) is 0 Å². The minimum Gasteiger partial charge on any atom is -0.393 e. The molecule has 1 nitrogen and oxygen atoms in total. The quantitative estimate of drug-likeness (QED) is 0.511. The molecule has 1 aliphatic rings. The Morgan fingerprint density at radius 2 is 1.57 bits per heavy atom. The average Bonchev–Trinajstić information content (AvgIpc) is 1.86. The third-order valence-corrected chi connectivity index (χ3v) is 1.32. The summed E-state index contributed by atoms with van der Waals surface area (Å²) in [6.07, 6.45) is 4.60. The van der Waals surface area contributed by atoms with Crippen molar-refractivity contribution in [2.75, 3.05) is 0 Å². The molecule has 0 radical (unpaired) electrons. The van der Waals surface area contributed by atoms with Gasteiger partial charge in [-0.05, 0) is 12.8 Å². The van der Waals surface area contributed by atoms with Gasteiger partial charge in [0.25, 0.3) is 0 Å². The molecule has 0 aliphatic heterocycles. The second kappa shape index (κ2) is 4.13. The third-order valence-electron chi connectivity index (χ3n) is 1.32. The monoisotopic (exact) mass is 126 g/mol. The van der Waals surface area contributed by atoms with Crippen LogP contribution in [-0.4, -0.2) is 11.2 Å². The van der Waals surface area contributed by atoms with Crippen molar-refractivity contribution >= 4 is 0 Å². The van der Waals surface area contributed by atoms with Crippen LogP contribution in [0.15, 0.2) is 0 Å². The molecule has 1 fully saturated rings. The van der Waals surface area contributed by atoms with Gasteiger partial charge in [0.15, 0.2) is 0 Å². The Bertz CT molecular complexity index is 41.3. The molecule has 0 aromatic heterocycles. The van der Waals surface area contributed by atoms with Crippen molar-refractivity contribution < 1.29 is 42.8 Å². The van der Waals surface area contributed by atoms with E-state index >= 15 is 0 Å². The van der Waals surface area contributed by atoms with E-state index in [0.29, 0.717) is 0 Å². The molecular weight excluding hydrogens is 116 g/mol. The first-order valence-electron chi connectivity index (χ1n) is 2.57. The summed E-state index contributed by atoms with van der Waals surface area (Å²) < 4.78 is 0. The molecule has 0 unspecified atom stereocenters. The Morgan fingerprint density at radius 3 is 1.71 bits per heavy atom. The van der Waals surface area contributed by atoms with E-state index in [1.165, 1.54) is 12.8 Å². The number of aliphatic hydroxyl groups excluding tert-OH is 1. The van der Waals surface area contributed by atoms with Crippen LogP contribution >= 0.6 is 0 Å². The summed E-state index contributed by atoms with van der Waals surface area (Å²) in [4.78, 5) is 0. The fourth-order valence-electron chi connectivity index (χ4n) is 0.904. The molecule has 0 aromatic rings. The van der Waals surface area contributed by atoms with Crippen molar-refractivity contribution in [3.63, 3.8) is 0 Å². The van der Waals surface area contributed by atoms with Crippen molar-refractivity contribution in [1.29, 1.82) is 0 Å². The first kappa shape index (κ1) is 8.22. The fraction of sp³-hybridized carbons (Fsp3) is 1.00. The average molecular weight is 126 g/mol. The molecule has 1 aliphatic carbocycles. The Labute approximate surface area is 74.1 Å². The van der Waals surface area contributed by atoms with E-state index in [9.17, 15) is 0 Å². The van der Waals surface area contributed by atoms with Gasteiger partial charge < -0.3 is 5.11 Å². The van der Waals surface area contributed by atoms with Gasteiger partial charge >= 0.3 is 0 Å². The second-order valence-corrected chi connectivity index (χ2v) is 1.94. The van der Waals surface area contributed by atoms with Crippen molar-refractivity contribution in [2.45, 2.75) is 31.8 Å². The molecule has 0 amide bonds. The second-order valence-electron chi connectivity index (χ2n) is 1.94. The normalized spacial score (nSPS) is 21.9. The smallest absolute Gasteiger partial charge is 0.0540 e. The van der Waals surface area contributed by atoms with Gasteiger partial charge in [-0.2, -0.15) is 0 Å². The molecule has 2 heteroatoms. The van der Waals surface area contributed by atoms with Crippen LogP contribution in [0.5, 0.6) is 0 Å². The maximum Gasteiger partial charge on any atom is 0.0540 e.